The number of carbonyl (C=O) groups excluding carboxylic acids is 1. The summed E-state index contributed by atoms with van der Waals surface area (Å²) >= 11 is 0. The minimum Gasteiger partial charge on any atom is -0.441 e. The van der Waals surface area contributed by atoms with Crippen molar-refractivity contribution in [3.8, 4) is 0 Å². The molecule has 1 heterocycles. The molecule has 6 nitrogen and oxygen atoms in total. The summed E-state index contributed by atoms with van der Waals surface area (Å²) < 4.78 is 10.6. The van der Waals surface area contributed by atoms with E-state index in [0.717, 1.165) is 17.5 Å². The number of rotatable bonds is 6. The van der Waals surface area contributed by atoms with Gasteiger partial charge in [-0.2, -0.15) is 0 Å². The van der Waals surface area contributed by atoms with Gasteiger partial charge in [0.05, 0.1) is 12.5 Å². The molecule has 1 aromatic heterocycles. The molecule has 0 fully saturated rings. The highest BCUT2D eigenvalue weighted by atomic mass is 16.5. The minimum absolute atomic E-state index is 0.138. The van der Waals surface area contributed by atoms with Gasteiger partial charge >= 0.3 is 0 Å². The lowest BCUT2D eigenvalue weighted by molar-refractivity contribution is -0.118. The van der Waals surface area contributed by atoms with Crippen LogP contribution in [0.4, 0.5) is 5.69 Å². The van der Waals surface area contributed by atoms with E-state index in [-0.39, 0.29) is 18.4 Å². The molecule has 0 spiro atoms. The smallest absolute Gasteiger partial charge is 0.227 e. The van der Waals surface area contributed by atoms with Crippen molar-refractivity contribution < 1.29 is 13.9 Å². The van der Waals surface area contributed by atoms with Gasteiger partial charge in [0.15, 0.2) is 11.5 Å². The molecule has 0 bridgehead atoms. The molecule has 108 valence electrons. The fourth-order valence-corrected chi connectivity index (χ4v) is 1.89. The van der Waals surface area contributed by atoms with Crippen LogP contribution in [-0.2, 0) is 16.0 Å². The monoisotopic (exact) mass is 277 g/mol. The Bertz CT molecular complexity index is 590. The van der Waals surface area contributed by atoms with Crippen LogP contribution < -0.4 is 11.1 Å². The second-order valence-electron chi connectivity index (χ2n) is 4.49. The molecule has 20 heavy (non-hydrogen) atoms. The quantitative estimate of drug-likeness (QED) is 0.838. The number of anilines is 1. The Morgan fingerprint density at radius 1 is 1.55 bits per heavy atom. The average Bonchev–Trinajstić information content (AvgIpc) is 2.87. The van der Waals surface area contributed by atoms with E-state index in [1.807, 2.05) is 6.92 Å². The lowest BCUT2D eigenvalue weighted by Crippen LogP contribution is -2.28. The Labute approximate surface area is 117 Å². The number of benzene rings is 1. The van der Waals surface area contributed by atoms with Crippen LogP contribution in [0.2, 0.25) is 0 Å². The summed E-state index contributed by atoms with van der Waals surface area (Å²) in [4.78, 5) is 16.2. The summed E-state index contributed by atoms with van der Waals surface area (Å²) in [6.45, 7) is 2.29. The first kappa shape index (κ1) is 14.5. The topological polar surface area (TPSA) is 90.4 Å². The molecule has 0 saturated carbocycles. The number of hydrogen-bond donors (Lipinski definition) is 2. The van der Waals surface area contributed by atoms with Crippen LogP contribution in [0, 0.1) is 0 Å². The van der Waals surface area contributed by atoms with E-state index in [1.54, 1.807) is 25.3 Å². The maximum absolute atomic E-state index is 11.8. The van der Waals surface area contributed by atoms with Crippen molar-refractivity contribution in [2.45, 2.75) is 25.9 Å². The molecule has 0 aliphatic rings. The molecule has 0 saturated heterocycles. The van der Waals surface area contributed by atoms with Gasteiger partial charge in [0.2, 0.25) is 5.91 Å². The first-order valence-corrected chi connectivity index (χ1v) is 6.58. The largest absolute Gasteiger partial charge is 0.441 e. The lowest BCUT2D eigenvalue weighted by atomic mass is 10.2. The van der Waals surface area contributed by atoms with Gasteiger partial charge in [0.25, 0.3) is 0 Å². The van der Waals surface area contributed by atoms with Crippen molar-refractivity contribution in [3.63, 3.8) is 0 Å². The summed E-state index contributed by atoms with van der Waals surface area (Å²) in [6, 6.07) is 5.38. The highest BCUT2D eigenvalue weighted by Gasteiger charge is 2.12. The SMILES string of the molecule is CCc1nc2cc(NC(=O)CC(CN)OC)ccc2o1. The van der Waals surface area contributed by atoms with Crippen LogP contribution >= 0.6 is 0 Å². The van der Waals surface area contributed by atoms with Gasteiger partial charge in [-0.25, -0.2) is 4.98 Å². The molecule has 2 aromatic rings. The zero-order chi connectivity index (χ0) is 14.5. The fourth-order valence-electron chi connectivity index (χ4n) is 1.89. The van der Waals surface area contributed by atoms with Gasteiger partial charge in [0, 0.05) is 25.8 Å². The zero-order valence-electron chi connectivity index (χ0n) is 11.7. The first-order chi connectivity index (χ1) is 9.66. The van der Waals surface area contributed by atoms with E-state index >= 15 is 0 Å². The number of fused-ring (bicyclic) bond motifs is 1. The van der Waals surface area contributed by atoms with Gasteiger partial charge in [-0.3, -0.25) is 4.79 Å². The van der Waals surface area contributed by atoms with Crippen molar-refractivity contribution in [2.75, 3.05) is 19.0 Å². The average molecular weight is 277 g/mol. The summed E-state index contributed by atoms with van der Waals surface area (Å²) in [5, 5.41) is 2.80. The third kappa shape index (κ3) is 3.34. The highest BCUT2D eigenvalue weighted by molar-refractivity contribution is 5.93. The Morgan fingerprint density at radius 2 is 2.35 bits per heavy atom. The van der Waals surface area contributed by atoms with Gasteiger partial charge in [-0.1, -0.05) is 6.92 Å². The molecule has 0 aliphatic heterocycles. The maximum Gasteiger partial charge on any atom is 0.227 e. The number of nitrogens with two attached hydrogens (primary N) is 1. The Morgan fingerprint density at radius 3 is 3.00 bits per heavy atom. The molecule has 1 unspecified atom stereocenters. The standard InChI is InChI=1S/C14H19N3O3/c1-3-14-17-11-6-9(4-5-12(11)20-14)16-13(18)7-10(8-15)19-2/h4-6,10H,3,7-8,15H2,1-2H3,(H,16,18). The molecule has 1 atom stereocenters. The first-order valence-electron chi connectivity index (χ1n) is 6.58. The predicted octanol–water partition coefficient (Wildman–Crippen LogP) is 1.69. The summed E-state index contributed by atoms with van der Waals surface area (Å²) in [5.74, 6) is 0.548. The molecular weight excluding hydrogens is 258 g/mol. The molecular formula is C14H19N3O3. The van der Waals surface area contributed by atoms with Gasteiger partial charge in [-0.15, -0.1) is 0 Å². The van der Waals surface area contributed by atoms with Crippen LogP contribution in [0.5, 0.6) is 0 Å². The van der Waals surface area contributed by atoms with Crippen LogP contribution in [0.3, 0.4) is 0 Å². The summed E-state index contributed by atoms with van der Waals surface area (Å²) in [7, 11) is 1.54. The number of nitrogens with zero attached hydrogens (tertiary/aromatic N) is 1. The second kappa shape index (κ2) is 6.49. The third-order valence-electron chi connectivity index (χ3n) is 3.03. The fraction of sp³-hybridized carbons (Fsp3) is 0.429. The molecule has 0 aliphatic carbocycles. The number of ether oxygens (including phenoxy) is 1. The van der Waals surface area contributed by atoms with Crippen molar-refractivity contribution in [3.05, 3.63) is 24.1 Å². The third-order valence-corrected chi connectivity index (χ3v) is 3.03. The summed E-state index contributed by atoms with van der Waals surface area (Å²) in [6.07, 6.45) is 0.699. The molecule has 3 N–H and O–H groups in total. The van der Waals surface area contributed by atoms with E-state index in [1.165, 1.54) is 0 Å². The van der Waals surface area contributed by atoms with Gasteiger partial charge < -0.3 is 20.2 Å². The molecule has 1 amide bonds. The Hall–Kier alpha value is -1.92. The molecule has 6 heteroatoms. The van der Waals surface area contributed by atoms with E-state index in [0.29, 0.717) is 18.1 Å². The van der Waals surface area contributed by atoms with Crippen LogP contribution in [0.1, 0.15) is 19.2 Å². The number of hydrogen-bond acceptors (Lipinski definition) is 5. The van der Waals surface area contributed by atoms with Crippen molar-refractivity contribution in [1.29, 1.82) is 0 Å². The van der Waals surface area contributed by atoms with Crippen LogP contribution in [0.25, 0.3) is 11.1 Å². The Balaban J connectivity index is 2.07. The van der Waals surface area contributed by atoms with E-state index in [2.05, 4.69) is 10.3 Å². The number of oxazole rings is 1. The van der Waals surface area contributed by atoms with Gasteiger partial charge in [-0.05, 0) is 18.2 Å². The molecule has 2 rings (SSSR count). The van der Waals surface area contributed by atoms with Crippen molar-refractivity contribution in [2.24, 2.45) is 5.73 Å². The Kier molecular flexibility index (Phi) is 4.70. The molecule has 0 radical (unpaired) electrons. The van der Waals surface area contributed by atoms with E-state index in [4.69, 9.17) is 14.9 Å². The van der Waals surface area contributed by atoms with Crippen LogP contribution in [-0.4, -0.2) is 30.6 Å². The van der Waals surface area contributed by atoms with Gasteiger partial charge in [0.1, 0.15) is 5.52 Å². The number of aryl methyl sites for hydroxylation is 1. The molecule has 1 aromatic carbocycles. The number of amides is 1. The van der Waals surface area contributed by atoms with Crippen LogP contribution in [0.15, 0.2) is 22.6 Å². The highest BCUT2D eigenvalue weighted by Crippen LogP contribution is 2.20. The summed E-state index contributed by atoms with van der Waals surface area (Å²) in [5.41, 5.74) is 7.63. The van der Waals surface area contributed by atoms with Crippen molar-refractivity contribution in [1.82, 2.24) is 4.98 Å². The second-order valence-corrected chi connectivity index (χ2v) is 4.49. The number of carbonyl (C=O) groups is 1. The predicted molar refractivity (Wildman–Crippen MR) is 76.5 cm³/mol. The van der Waals surface area contributed by atoms with Crippen molar-refractivity contribution >= 4 is 22.7 Å². The minimum atomic E-state index is -0.266. The van der Waals surface area contributed by atoms with E-state index < -0.39 is 0 Å². The normalized spacial score (nSPS) is 12.6. The number of nitrogens with one attached hydrogen (secondary N) is 1. The maximum atomic E-state index is 11.8. The number of methoxy groups -OCH3 is 1. The van der Waals surface area contributed by atoms with E-state index in [9.17, 15) is 4.79 Å². The lowest BCUT2D eigenvalue weighted by Gasteiger charge is -2.12. The number of aromatic nitrogens is 1. The zero-order valence-corrected chi connectivity index (χ0v) is 11.7.